The first-order valence-corrected chi connectivity index (χ1v) is 7.54. The van der Waals surface area contributed by atoms with Crippen molar-refractivity contribution >= 4 is 16.9 Å². The van der Waals surface area contributed by atoms with Gasteiger partial charge in [-0.1, -0.05) is 39.5 Å². The average Bonchev–Trinajstić information content (AvgIpc) is 2.25. The largest absolute Gasteiger partial charge is 0.351 e. The van der Waals surface area contributed by atoms with E-state index in [0.717, 1.165) is 18.2 Å². The molecule has 0 aromatic rings. The predicted molar refractivity (Wildman–Crippen MR) is 75.2 cm³/mol. The molecule has 0 spiro atoms. The second-order valence-corrected chi connectivity index (χ2v) is 6.35. The highest BCUT2D eigenvalue weighted by molar-refractivity contribution is 8.13. The third-order valence-electron chi connectivity index (χ3n) is 2.92. The number of piperidine rings is 1. The third-order valence-corrected chi connectivity index (χ3v) is 3.85. The minimum Gasteiger partial charge on any atom is -0.351 e. The molecule has 1 fully saturated rings. The van der Waals surface area contributed by atoms with Crippen molar-refractivity contribution in [3.63, 3.8) is 0 Å². The van der Waals surface area contributed by atoms with Gasteiger partial charge >= 0.3 is 0 Å². The van der Waals surface area contributed by atoms with Gasteiger partial charge in [-0.2, -0.15) is 0 Å². The summed E-state index contributed by atoms with van der Waals surface area (Å²) >= 11 is 1.90. The zero-order chi connectivity index (χ0) is 12.0. The molecule has 94 valence electrons. The van der Waals surface area contributed by atoms with Crippen molar-refractivity contribution in [3.8, 4) is 0 Å². The van der Waals surface area contributed by atoms with E-state index in [1.165, 1.54) is 31.1 Å². The Balaban J connectivity index is 2.52. The monoisotopic (exact) mass is 242 g/mol. The van der Waals surface area contributed by atoms with Crippen molar-refractivity contribution in [2.75, 3.05) is 25.4 Å². The lowest BCUT2D eigenvalue weighted by Gasteiger charge is -2.32. The summed E-state index contributed by atoms with van der Waals surface area (Å²) in [6.45, 7) is 12.4. The van der Waals surface area contributed by atoms with Gasteiger partial charge in [-0.05, 0) is 30.4 Å². The molecule has 0 bridgehead atoms. The first-order valence-electron chi connectivity index (χ1n) is 6.55. The Morgan fingerprint density at radius 3 is 2.50 bits per heavy atom. The molecule has 16 heavy (non-hydrogen) atoms. The van der Waals surface area contributed by atoms with Crippen LogP contribution < -0.4 is 0 Å². The standard InChI is InChI=1S/C13H26N2S/c1-5-16-13(14-10-11(2)3)15-8-6-12(4)7-9-15/h11-12H,5-10H2,1-4H3. The predicted octanol–water partition coefficient (Wildman–Crippen LogP) is 3.48. The molecule has 1 heterocycles. The zero-order valence-electron chi connectivity index (χ0n) is 11.2. The van der Waals surface area contributed by atoms with Crippen molar-refractivity contribution in [1.82, 2.24) is 4.90 Å². The fourth-order valence-electron chi connectivity index (χ4n) is 1.83. The Morgan fingerprint density at radius 2 is 2.00 bits per heavy atom. The molecule has 0 aliphatic carbocycles. The van der Waals surface area contributed by atoms with Crippen molar-refractivity contribution in [3.05, 3.63) is 0 Å². The van der Waals surface area contributed by atoms with Crippen LogP contribution in [0.4, 0.5) is 0 Å². The molecule has 0 saturated carbocycles. The van der Waals surface area contributed by atoms with Crippen LogP contribution in [0.5, 0.6) is 0 Å². The number of likely N-dealkylation sites (tertiary alicyclic amines) is 1. The van der Waals surface area contributed by atoms with Gasteiger partial charge in [0.25, 0.3) is 0 Å². The number of aliphatic imine (C=N–C) groups is 1. The minimum atomic E-state index is 0.663. The van der Waals surface area contributed by atoms with E-state index in [-0.39, 0.29) is 0 Å². The lowest BCUT2D eigenvalue weighted by molar-refractivity contribution is 0.283. The van der Waals surface area contributed by atoms with Crippen LogP contribution in [0, 0.1) is 11.8 Å². The molecule has 3 heteroatoms. The molecule has 0 aromatic heterocycles. The van der Waals surface area contributed by atoms with Crippen LogP contribution in [0.25, 0.3) is 0 Å². The molecule has 0 atom stereocenters. The quantitative estimate of drug-likeness (QED) is 0.556. The number of hydrogen-bond acceptors (Lipinski definition) is 2. The van der Waals surface area contributed by atoms with Gasteiger partial charge in [0, 0.05) is 19.6 Å². The van der Waals surface area contributed by atoms with Crippen molar-refractivity contribution in [2.45, 2.75) is 40.5 Å². The summed E-state index contributed by atoms with van der Waals surface area (Å²) in [4.78, 5) is 7.25. The van der Waals surface area contributed by atoms with Gasteiger partial charge < -0.3 is 4.90 Å². The van der Waals surface area contributed by atoms with Crippen LogP contribution in [-0.4, -0.2) is 35.5 Å². The molecule has 0 aromatic carbocycles. The topological polar surface area (TPSA) is 15.6 Å². The maximum absolute atomic E-state index is 4.77. The van der Waals surface area contributed by atoms with Gasteiger partial charge in [-0.15, -0.1) is 0 Å². The molecule has 1 rings (SSSR count). The molecule has 0 N–H and O–H groups in total. The Kier molecular flexibility index (Phi) is 6.25. The van der Waals surface area contributed by atoms with E-state index < -0.39 is 0 Å². The molecule has 0 unspecified atom stereocenters. The Labute approximate surface area is 105 Å². The average molecular weight is 242 g/mol. The number of nitrogens with zero attached hydrogens (tertiary/aromatic N) is 2. The molecule has 1 saturated heterocycles. The first kappa shape index (κ1) is 13.9. The Hall–Kier alpha value is -0.180. The van der Waals surface area contributed by atoms with Gasteiger partial charge in [0.15, 0.2) is 5.17 Å². The number of rotatable bonds is 3. The van der Waals surface area contributed by atoms with Crippen LogP contribution in [0.1, 0.15) is 40.5 Å². The van der Waals surface area contributed by atoms with Gasteiger partial charge in [-0.3, -0.25) is 4.99 Å². The fraction of sp³-hybridized carbons (Fsp3) is 0.923. The number of hydrogen-bond donors (Lipinski definition) is 0. The first-order chi connectivity index (χ1) is 7.63. The highest BCUT2D eigenvalue weighted by atomic mass is 32.2. The number of amidine groups is 1. The molecule has 2 nitrogen and oxygen atoms in total. The molecule has 0 radical (unpaired) electrons. The third kappa shape index (κ3) is 4.77. The van der Waals surface area contributed by atoms with E-state index in [4.69, 9.17) is 4.99 Å². The van der Waals surface area contributed by atoms with Crippen molar-refractivity contribution in [1.29, 1.82) is 0 Å². The second-order valence-electron chi connectivity index (χ2n) is 5.12. The molecule has 1 aliphatic rings. The molecule has 1 aliphatic heterocycles. The van der Waals surface area contributed by atoms with Crippen LogP contribution in [0.2, 0.25) is 0 Å². The zero-order valence-corrected chi connectivity index (χ0v) is 12.0. The van der Waals surface area contributed by atoms with E-state index in [2.05, 4.69) is 32.6 Å². The summed E-state index contributed by atoms with van der Waals surface area (Å²) in [5.41, 5.74) is 0. The van der Waals surface area contributed by atoms with E-state index in [0.29, 0.717) is 5.92 Å². The smallest absolute Gasteiger partial charge is 0.159 e. The van der Waals surface area contributed by atoms with Crippen molar-refractivity contribution < 1.29 is 0 Å². The Bertz CT molecular complexity index is 218. The maximum atomic E-state index is 4.77. The number of thioether (sulfide) groups is 1. The fourth-order valence-corrected chi connectivity index (χ4v) is 2.62. The van der Waals surface area contributed by atoms with Gasteiger partial charge in [-0.25, -0.2) is 0 Å². The lowest BCUT2D eigenvalue weighted by Crippen LogP contribution is -2.36. The van der Waals surface area contributed by atoms with E-state index in [9.17, 15) is 0 Å². The molecular weight excluding hydrogens is 216 g/mol. The second kappa shape index (κ2) is 7.21. The highest BCUT2D eigenvalue weighted by Gasteiger charge is 2.18. The molecule has 0 amide bonds. The maximum Gasteiger partial charge on any atom is 0.159 e. The van der Waals surface area contributed by atoms with Crippen LogP contribution in [-0.2, 0) is 0 Å². The van der Waals surface area contributed by atoms with E-state index in [1.54, 1.807) is 0 Å². The SMILES string of the molecule is CCSC(=NCC(C)C)N1CCC(C)CC1. The molecular formula is C13H26N2S. The van der Waals surface area contributed by atoms with Gasteiger partial charge in [0.1, 0.15) is 0 Å². The van der Waals surface area contributed by atoms with Crippen LogP contribution in [0.15, 0.2) is 4.99 Å². The minimum absolute atomic E-state index is 0.663. The summed E-state index contributed by atoms with van der Waals surface area (Å²) in [7, 11) is 0. The van der Waals surface area contributed by atoms with E-state index in [1.807, 2.05) is 11.8 Å². The summed E-state index contributed by atoms with van der Waals surface area (Å²) in [5, 5.41) is 1.28. The summed E-state index contributed by atoms with van der Waals surface area (Å²) in [5.74, 6) is 2.69. The summed E-state index contributed by atoms with van der Waals surface area (Å²) < 4.78 is 0. The Morgan fingerprint density at radius 1 is 1.38 bits per heavy atom. The highest BCUT2D eigenvalue weighted by Crippen LogP contribution is 2.20. The van der Waals surface area contributed by atoms with Gasteiger partial charge in [0.2, 0.25) is 0 Å². The van der Waals surface area contributed by atoms with Crippen molar-refractivity contribution in [2.24, 2.45) is 16.8 Å². The van der Waals surface area contributed by atoms with Crippen LogP contribution >= 0.6 is 11.8 Å². The van der Waals surface area contributed by atoms with Crippen LogP contribution in [0.3, 0.4) is 0 Å². The normalized spacial score (nSPS) is 19.6. The van der Waals surface area contributed by atoms with E-state index >= 15 is 0 Å². The lowest BCUT2D eigenvalue weighted by atomic mass is 10.00. The van der Waals surface area contributed by atoms with Gasteiger partial charge in [0.05, 0.1) is 0 Å². The summed E-state index contributed by atoms with van der Waals surface area (Å²) in [6, 6.07) is 0. The summed E-state index contributed by atoms with van der Waals surface area (Å²) in [6.07, 6.45) is 2.65.